The van der Waals surface area contributed by atoms with E-state index in [1.165, 1.54) is 38.5 Å². The third-order valence-corrected chi connectivity index (χ3v) is 21.1. The van der Waals surface area contributed by atoms with Gasteiger partial charge in [0.05, 0.1) is 12.7 Å². The highest BCUT2D eigenvalue weighted by Gasteiger charge is 2.50. The number of rotatable bonds is 15. The van der Waals surface area contributed by atoms with E-state index in [2.05, 4.69) is 92.6 Å². The summed E-state index contributed by atoms with van der Waals surface area (Å²) in [6.07, 6.45) is 15.8. The summed E-state index contributed by atoms with van der Waals surface area (Å²) in [7, 11) is -4.03. The molecule has 0 bridgehead atoms. The van der Waals surface area contributed by atoms with Crippen molar-refractivity contribution in [3.8, 4) is 11.8 Å². The lowest BCUT2D eigenvalue weighted by atomic mass is 9.84. The Hall–Kier alpha value is -1.21. The molecule has 268 valence electrons. The molecule has 3 rings (SSSR count). The molecule has 0 radical (unpaired) electrons. The molecule has 0 spiro atoms. The molecule has 47 heavy (non-hydrogen) atoms. The average molecular weight is 687 g/mol. The second-order valence-electron chi connectivity index (χ2n) is 17.9. The van der Waals surface area contributed by atoms with Crippen LogP contribution in [0.25, 0.3) is 0 Å². The van der Waals surface area contributed by atoms with E-state index in [9.17, 15) is 9.59 Å². The molecule has 0 aliphatic heterocycles. The Labute approximate surface area is 291 Å². The van der Waals surface area contributed by atoms with Crippen molar-refractivity contribution in [2.75, 3.05) is 6.61 Å². The number of ketones is 1. The van der Waals surface area contributed by atoms with Crippen LogP contribution < -0.4 is 0 Å². The van der Waals surface area contributed by atoms with Crippen molar-refractivity contribution in [2.24, 2.45) is 23.7 Å². The minimum absolute atomic E-state index is 0.0365. The average Bonchev–Trinajstić information content (AvgIpc) is 3.52. The third-order valence-electron chi connectivity index (χ3n) is 12.1. The van der Waals surface area contributed by atoms with Gasteiger partial charge in [0.15, 0.2) is 22.4 Å². The topological polar surface area (TPSA) is 61.8 Å². The number of carbonyl (C=O) groups is 2. The molecular weight excluding hydrogens is 617 g/mol. The molecule has 5 atom stereocenters. The van der Waals surface area contributed by atoms with Crippen molar-refractivity contribution in [2.45, 2.75) is 187 Å². The summed E-state index contributed by atoms with van der Waals surface area (Å²) in [5.41, 5.74) is 0.937. The lowest BCUT2D eigenvalue weighted by molar-refractivity contribution is -0.143. The number of hydrogen-bond acceptors (Lipinski definition) is 5. The highest BCUT2D eigenvalue weighted by atomic mass is 28.4. The van der Waals surface area contributed by atoms with Crippen LogP contribution in [-0.2, 0) is 23.2 Å². The van der Waals surface area contributed by atoms with Gasteiger partial charge < -0.3 is 13.6 Å². The van der Waals surface area contributed by atoms with Crippen molar-refractivity contribution >= 4 is 28.4 Å². The zero-order valence-electron chi connectivity index (χ0n) is 32.2. The molecule has 2 saturated carbocycles. The minimum atomic E-state index is -2.02. The largest absolute Gasteiger partial charge is 0.466 e. The standard InChI is InChI=1S/C40H70O5Si2/c1-12-13-14-18-26-43-38(42)23-19-22-35(41)32-27-31-29-37(45-47(10,11)40(5,6)7)33(34(31)28-32)24-25-36(30-20-16-15-17-21-30)44-46(8,9)39(2,3)4/h27,30-31,33-34,36-37H,12-23,26,28-29H2,1-11H3/t31?,33-,34?,36-,37-/m1/s1. The van der Waals surface area contributed by atoms with Gasteiger partial charge >= 0.3 is 5.97 Å². The number of carbonyl (C=O) groups excluding carboxylic acids is 2. The van der Waals surface area contributed by atoms with Gasteiger partial charge in [-0.1, -0.05) is 105 Å². The van der Waals surface area contributed by atoms with Crippen LogP contribution in [0.15, 0.2) is 11.6 Å². The van der Waals surface area contributed by atoms with E-state index in [0.29, 0.717) is 43.6 Å². The van der Waals surface area contributed by atoms with Crippen LogP contribution >= 0.6 is 0 Å². The molecule has 0 aromatic heterocycles. The maximum Gasteiger partial charge on any atom is 0.305 e. The second kappa shape index (κ2) is 17.1. The van der Waals surface area contributed by atoms with Crippen LogP contribution in [0, 0.1) is 35.5 Å². The Morgan fingerprint density at radius 2 is 1.55 bits per heavy atom. The Morgan fingerprint density at radius 3 is 2.17 bits per heavy atom. The van der Waals surface area contributed by atoms with Crippen molar-refractivity contribution < 1.29 is 23.2 Å². The van der Waals surface area contributed by atoms with Gasteiger partial charge in [0.1, 0.15) is 6.10 Å². The Bertz CT molecular complexity index is 1130. The Balaban J connectivity index is 1.75. The van der Waals surface area contributed by atoms with Gasteiger partial charge in [0.25, 0.3) is 0 Å². The van der Waals surface area contributed by atoms with E-state index in [1.54, 1.807) is 0 Å². The summed E-state index contributed by atoms with van der Waals surface area (Å²) in [6.45, 7) is 25.9. The summed E-state index contributed by atoms with van der Waals surface area (Å²) >= 11 is 0. The predicted octanol–water partition coefficient (Wildman–Crippen LogP) is 10.8. The predicted molar refractivity (Wildman–Crippen MR) is 200 cm³/mol. The number of ether oxygens (including phenoxy) is 1. The minimum Gasteiger partial charge on any atom is -0.466 e. The first-order chi connectivity index (χ1) is 21.9. The van der Waals surface area contributed by atoms with Crippen LogP contribution in [-0.4, -0.2) is 47.2 Å². The summed E-state index contributed by atoms with van der Waals surface area (Å²) in [5, 5.41) is 0.246. The first-order valence-electron chi connectivity index (χ1n) is 19.1. The zero-order valence-corrected chi connectivity index (χ0v) is 34.2. The summed E-state index contributed by atoms with van der Waals surface area (Å²) in [4.78, 5) is 25.6. The van der Waals surface area contributed by atoms with Crippen molar-refractivity contribution in [3.63, 3.8) is 0 Å². The SMILES string of the molecule is CCCCCCOC(=O)CCCC(=O)C1=CC2C[C@@H](O[Si](C)(C)C(C)(C)C)[C@H](C#C[C@@H](O[Si](C)(C)C(C)(C)C)C3CCCCC3)C2C1. The first-order valence-corrected chi connectivity index (χ1v) is 24.9. The summed E-state index contributed by atoms with van der Waals surface area (Å²) in [6, 6.07) is 0. The monoisotopic (exact) mass is 686 g/mol. The van der Waals surface area contributed by atoms with Crippen LogP contribution in [0.3, 0.4) is 0 Å². The summed E-state index contributed by atoms with van der Waals surface area (Å²) < 4.78 is 19.6. The molecule has 0 aromatic carbocycles. The Kier molecular flexibility index (Phi) is 14.7. The molecule has 2 unspecified atom stereocenters. The van der Waals surface area contributed by atoms with Gasteiger partial charge in [-0.25, -0.2) is 0 Å². The highest BCUT2D eigenvalue weighted by Crippen LogP contribution is 2.50. The molecule has 7 heteroatoms. The van der Waals surface area contributed by atoms with Crippen LogP contribution in [0.5, 0.6) is 0 Å². The lowest BCUT2D eigenvalue weighted by Gasteiger charge is -2.41. The van der Waals surface area contributed by atoms with E-state index < -0.39 is 16.6 Å². The normalized spacial score (nSPS) is 24.7. The Morgan fingerprint density at radius 1 is 0.894 bits per heavy atom. The van der Waals surface area contributed by atoms with Crippen LogP contribution in [0.2, 0.25) is 36.3 Å². The van der Waals surface area contributed by atoms with Gasteiger partial charge in [-0.15, -0.1) is 0 Å². The maximum atomic E-state index is 13.4. The molecule has 3 aliphatic rings. The first kappa shape index (κ1) is 40.2. The fraction of sp³-hybridized carbons (Fsp3) is 0.850. The number of fused-ring (bicyclic) bond motifs is 1. The smallest absolute Gasteiger partial charge is 0.305 e. The molecule has 5 nitrogen and oxygen atoms in total. The van der Waals surface area contributed by atoms with E-state index in [4.69, 9.17) is 13.6 Å². The number of unbranched alkanes of at least 4 members (excludes halogenated alkanes) is 3. The third kappa shape index (κ3) is 11.4. The molecule has 3 aliphatic carbocycles. The summed E-state index contributed by atoms with van der Waals surface area (Å²) in [5.74, 6) is 8.81. The van der Waals surface area contributed by atoms with Crippen molar-refractivity contribution in [1.29, 1.82) is 0 Å². The maximum absolute atomic E-state index is 13.4. The molecule has 0 N–H and O–H groups in total. The van der Waals surface area contributed by atoms with Crippen LogP contribution in [0.1, 0.15) is 138 Å². The fourth-order valence-corrected chi connectivity index (χ4v) is 9.55. The quantitative estimate of drug-likeness (QED) is 0.0742. The van der Waals surface area contributed by atoms with Crippen molar-refractivity contribution in [3.05, 3.63) is 11.6 Å². The molecule has 0 amide bonds. The number of Topliss-reactive ketones (excluding diaryl/α,β-unsaturated/α-hetero) is 1. The zero-order chi connectivity index (χ0) is 35.0. The molecule has 0 saturated heterocycles. The number of esters is 1. The van der Waals surface area contributed by atoms with E-state index in [1.807, 2.05) is 0 Å². The molecular formula is C40H70O5Si2. The van der Waals surface area contributed by atoms with Crippen molar-refractivity contribution in [1.82, 2.24) is 0 Å². The van der Waals surface area contributed by atoms with Gasteiger partial charge in [-0.2, -0.15) is 0 Å². The molecule has 0 heterocycles. The van der Waals surface area contributed by atoms with Gasteiger partial charge in [-0.3, -0.25) is 9.59 Å². The fourth-order valence-electron chi connectivity index (χ4n) is 6.96. The second-order valence-corrected chi connectivity index (χ2v) is 27.5. The van der Waals surface area contributed by atoms with E-state index >= 15 is 0 Å². The van der Waals surface area contributed by atoms with Crippen LogP contribution in [0.4, 0.5) is 0 Å². The van der Waals surface area contributed by atoms with Gasteiger partial charge in [-0.05, 0) is 98.1 Å². The van der Waals surface area contributed by atoms with Gasteiger partial charge in [0.2, 0.25) is 0 Å². The van der Waals surface area contributed by atoms with E-state index in [-0.39, 0.29) is 40.0 Å². The van der Waals surface area contributed by atoms with Gasteiger partial charge in [0, 0.05) is 18.8 Å². The molecule has 2 fully saturated rings. The number of hydrogen-bond donors (Lipinski definition) is 0. The highest BCUT2D eigenvalue weighted by molar-refractivity contribution is 6.74. The molecule has 0 aromatic rings. The van der Waals surface area contributed by atoms with E-state index in [0.717, 1.165) is 37.7 Å². The number of allylic oxidation sites excluding steroid dienone is 2. The lowest BCUT2D eigenvalue weighted by Crippen LogP contribution is -2.46.